The highest BCUT2D eigenvalue weighted by molar-refractivity contribution is 7.89. The van der Waals surface area contributed by atoms with Gasteiger partial charge in [0.15, 0.2) is 0 Å². The lowest BCUT2D eigenvalue weighted by atomic mass is 10.3. The minimum Gasteiger partial charge on any atom is -0.497 e. The molecular weight excluding hydrogens is 347 g/mol. The van der Waals surface area contributed by atoms with Gasteiger partial charge in [-0.25, -0.2) is 12.8 Å². The van der Waals surface area contributed by atoms with Crippen LogP contribution in [0, 0.1) is 5.82 Å². The van der Waals surface area contributed by atoms with Crippen LogP contribution in [-0.4, -0.2) is 38.8 Å². The zero-order chi connectivity index (χ0) is 18.4. The Morgan fingerprint density at radius 3 is 2.24 bits per heavy atom. The second-order valence-corrected chi connectivity index (χ2v) is 7.10. The van der Waals surface area contributed by atoms with E-state index in [0.717, 1.165) is 4.31 Å². The number of hydrogen-bond donors (Lipinski definition) is 1. The zero-order valence-electron chi connectivity index (χ0n) is 13.9. The number of nitrogens with one attached hydrogen (secondary N) is 1. The summed E-state index contributed by atoms with van der Waals surface area (Å²) in [7, 11) is -2.33. The fourth-order valence-corrected chi connectivity index (χ4v) is 3.56. The summed E-state index contributed by atoms with van der Waals surface area (Å²) in [6.45, 7) is 1.43. The van der Waals surface area contributed by atoms with Crippen LogP contribution in [-0.2, 0) is 14.8 Å². The molecule has 8 heteroatoms. The van der Waals surface area contributed by atoms with Gasteiger partial charge in [-0.15, -0.1) is 0 Å². The van der Waals surface area contributed by atoms with Crippen molar-refractivity contribution in [2.75, 3.05) is 25.5 Å². The Hall–Kier alpha value is -2.45. The van der Waals surface area contributed by atoms with Gasteiger partial charge in [0.2, 0.25) is 15.9 Å². The molecule has 0 aliphatic rings. The number of likely N-dealkylation sites (N-methyl/N-ethyl adjacent to an activating group) is 1. The van der Waals surface area contributed by atoms with Crippen molar-refractivity contribution in [2.45, 2.75) is 11.8 Å². The molecule has 1 amide bonds. The summed E-state index contributed by atoms with van der Waals surface area (Å²) in [5.41, 5.74) is 0.393. The molecule has 0 saturated heterocycles. The van der Waals surface area contributed by atoms with Crippen LogP contribution in [0.2, 0.25) is 0 Å². The van der Waals surface area contributed by atoms with E-state index >= 15 is 0 Å². The highest BCUT2D eigenvalue weighted by Crippen LogP contribution is 2.19. The Kier molecular flexibility index (Phi) is 6.11. The molecule has 0 spiro atoms. The average Bonchev–Trinajstić information content (AvgIpc) is 2.61. The van der Waals surface area contributed by atoms with Gasteiger partial charge in [0.25, 0.3) is 0 Å². The molecule has 2 aromatic rings. The van der Waals surface area contributed by atoms with Gasteiger partial charge in [-0.1, -0.05) is 6.92 Å². The van der Waals surface area contributed by atoms with E-state index in [-0.39, 0.29) is 18.0 Å². The lowest BCUT2D eigenvalue weighted by Gasteiger charge is -2.20. The van der Waals surface area contributed by atoms with Crippen LogP contribution >= 0.6 is 0 Å². The molecule has 0 bridgehead atoms. The molecule has 0 aromatic heterocycles. The second kappa shape index (κ2) is 8.09. The molecule has 1 N–H and O–H groups in total. The molecule has 2 aromatic carbocycles. The number of anilines is 1. The van der Waals surface area contributed by atoms with Crippen LogP contribution in [0.15, 0.2) is 53.4 Å². The Bertz CT molecular complexity index is 821. The summed E-state index contributed by atoms with van der Waals surface area (Å²) in [4.78, 5) is 12.2. The first-order valence-electron chi connectivity index (χ1n) is 7.56. The number of halogens is 1. The van der Waals surface area contributed by atoms with Crippen molar-refractivity contribution in [1.82, 2.24) is 4.31 Å². The predicted molar refractivity (Wildman–Crippen MR) is 92.5 cm³/mol. The van der Waals surface area contributed by atoms with Crippen LogP contribution in [0.5, 0.6) is 5.75 Å². The third-order valence-electron chi connectivity index (χ3n) is 3.50. The first-order chi connectivity index (χ1) is 11.9. The number of methoxy groups -OCH3 is 1. The Balaban J connectivity index is 2.11. The zero-order valence-corrected chi connectivity index (χ0v) is 14.7. The molecule has 6 nitrogen and oxygen atoms in total. The van der Waals surface area contributed by atoms with E-state index < -0.39 is 21.7 Å². The number of benzene rings is 2. The van der Waals surface area contributed by atoms with E-state index in [9.17, 15) is 17.6 Å². The average molecular weight is 366 g/mol. The topological polar surface area (TPSA) is 75.7 Å². The van der Waals surface area contributed by atoms with E-state index in [2.05, 4.69) is 5.32 Å². The van der Waals surface area contributed by atoms with Gasteiger partial charge in [0, 0.05) is 12.2 Å². The van der Waals surface area contributed by atoms with Gasteiger partial charge >= 0.3 is 0 Å². The van der Waals surface area contributed by atoms with Gasteiger partial charge in [-0.2, -0.15) is 4.31 Å². The molecule has 0 atom stereocenters. The van der Waals surface area contributed by atoms with E-state index in [1.165, 1.54) is 43.5 Å². The molecule has 2 rings (SSSR count). The summed E-state index contributed by atoms with van der Waals surface area (Å²) in [5, 5.41) is 2.54. The van der Waals surface area contributed by atoms with Crippen molar-refractivity contribution in [3.63, 3.8) is 0 Å². The number of amides is 1. The van der Waals surface area contributed by atoms with Gasteiger partial charge in [-0.3, -0.25) is 4.79 Å². The van der Waals surface area contributed by atoms with Crippen molar-refractivity contribution >= 4 is 21.6 Å². The maximum atomic E-state index is 12.9. The summed E-state index contributed by atoms with van der Waals surface area (Å²) in [6, 6.07) is 11.2. The molecule has 0 heterocycles. The molecule has 0 saturated carbocycles. The normalized spacial score (nSPS) is 11.4. The van der Waals surface area contributed by atoms with E-state index in [1.807, 2.05) is 0 Å². The van der Waals surface area contributed by atoms with Crippen LogP contribution in [0.3, 0.4) is 0 Å². The van der Waals surface area contributed by atoms with Crippen molar-refractivity contribution in [2.24, 2.45) is 0 Å². The standard InChI is InChI=1S/C17H19FN2O4S/c1-3-20(12-17(21)19-14-6-4-13(18)5-7-14)25(22,23)16-10-8-15(24-2)9-11-16/h4-11H,3,12H2,1-2H3,(H,19,21). The van der Waals surface area contributed by atoms with Crippen molar-refractivity contribution in [3.05, 3.63) is 54.3 Å². The van der Waals surface area contributed by atoms with Gasteiger partial charge in [-0.05, 0) is 48.5 Å². The number of carbonyl (C=O) groups is 1. The Labute approximate surface area is 146 Å². The van der Waals surface area contributed by atoms with E-state index in [4.69, 9.17) is 4.74 Å². The van der Waals surface area contributed by atoms with E-state index in [0.29, 0.717) is 11.4 Å². The highest BCUT2D eigenvalue weighted by Gasteiger charge is 2.25. The van der Waals surface area contributed by atoms with Gasteiger partial charge < -0.3 is 10.1 Å². The fraction of sp³-hybridized carbons (Fsp3) is 0.235. The van der Waals surface area contributed by atoms with Crippen molar-refractivity contribution in [3.8, 4) is 5.75 Å². The van der Waals surface area contributed by atoms with Crippen LogP contribution < -0.4 is 10.1 Å². The largest absolute Gasteiger partial charge is 0.497 e. The molecule has 0 radical (unpaired) electrons. The second-order valence-electron chi connectivity index (χ2n) is 5.16. The number of hydrogen-bond acceptors (Lipinski definition) is 4. The molecular formula is C17H19FN2O4S. The quantitative estimate of drug-likeness (QED) is 0.817. The van der Waals surface area contributed by atoms with Gasteiger partial charge in [0.1, 0.15) is 11.6 Å². The predicted octanol–water partition coefficient (Wildman–Crippen LogP) is 2.48. The lowest BCUT2D eigenvalue weighted by molar-refractivity contribution is -0.116. The molecule has 134 valence electrons. The summed E-state index contributed by atoms with van der Waals surface area (Å²) in [5.74, 6) is -0.392. The molecule has 0 aliphatic heterocycles. The molecule has 25 heavy (non-hydrogen) atoms. The minimum atomic E-state index is -3.81. The highest BCUT2D eigenvalue weighted by atomic mass is 32.2. The number of carbonyl (C=O) groups excluding carboxylic acids is 1. The molecule has 0 unspecified atom stereocenters. The summed E-state index contributed by atoms with van der Waals surface area (Å²) in [6.07, 6.45) is 0. The molecule has 0 aliphatic carbocycles. The maximum absolute atomic E-state index is 12.9. The number of sulfonamides is 1. The van der Waals surface area contributed by atoms with Gasteiger partial charge in [0.05, 0.1) is 18.6 Å². The summed E-state index contributed by atoms with van der Waals surface area (Å²) < 4.78 is 44.3. The first kappa shape index (κ1) is 18.9. The minimum absolute atomic E-state index is 0.0738. The Morgan fingerprint density at radius 2 is 1.72 bits per heavy atom. The van der Waals surface area contributed by atoms with Crippen molar-refractivity contribution in [1.29, 1.82) is 0 Å². The SMILES string of the molecule is CCN(CC(=O)Nc1ccc(F)cc1)S(=O)(=O)c1ccc(OC)cc1. The van der Waals surface area contributed by atoms with Crippen LogP contribution in [0.1, 0.15) is 6.92 Å². The number of nitrogens with zero attached hydrogens (tertiary/aromatic N) is 1. The number of rotatable bonds is 7. The Morgan fingerprint density at radius 1 is 1.12 bits per heavy atom. The third kappa shape index (κ3) is 4.77. The van der Waals surface area contributed by atoms with Crippen LogP contribution in [0.4, 0.5) is 10.1 Å². The van der Waals surface area contributed by atoms with Crippen molar-refractivity contribution < 1.29 is 22.3 Å². The monoisotopic (exact) mass is 366 g/mol. The fourth-order valence-electron chi connectivity index (χ4n) is 2.16. The lowest BCUT2D eigenvalue weighted by Crippen LogP contribution is -2.37. The maximum Gasteiger partial charge on any atom is 0.243 e. The van der Waals surface area contributed by atoms with E-state index in [1.54, 1.807) is 19.1 Å². The summed E-state index contributed by atoms with van der Waals surface area (Å²) >= 11 is 0. The van der Waals surface area contributed by atoms with Crippen LogP contribution in [0.25, 0.3) is 0 Å². The first-order valence-corrected chi connectivity index (χ1v) is 9.00. The molecule has 0 fully saturated rings. The smallest absolute Gasteiger partial charge is 0.243 e. The number of ether oxygens (including phenoxy) is 1. The third-order valence-corrected chi connectivity index (χ3v) is 5.43.